The van der Waals surface area contributed by atoms with Gasteiger partial charge in [0.2, 0.25) is 10.0 Å². The molecule has 126 valence electrons. The molecule has 7 nitrogen and oxygen atoms in total. The summed E-state index contributed by atoms with van der Waals surface area (Å²) in [6, 6.07) is 5.90. The molecule has 1 aliphatic rings. The highest BCUT2D eigenvalue weighted by molar-refractivity contribution is 7.89. The Labute approximate surface area is 135 Å². The fraction of sp³-hybridized carbons (Fsp3) is 0.467. The Balaban J connectivity index is 1.95. The van der Waals surface area contributed by atoms with E-state index in [2.05, 4.69) is 5.32 Å². The number of benzene rings is 1. The zero-order valence-corrected chi connectivity index (χ0v) is 14.1. The fourth-order valence-corrected chi connectivity index (χ4v) is 2.98. The number of nitrogens with zero attached hydrogens (tertiary/aromatic N) is 1. The van der Waals surface area contributed by atoms with E-state index < -0.39 is 15.9 Å². The van der Waals surface area contributed by atoms with Crippen LogP contribution in [0.2, 0.25) is 0 Å². The Bertz CT molecular complexity index is 714. The third-order valence-corrected chi connectivity index (χ3v) is 5.47. The molecule has 0 heterocycles. The van der Waals surface area contributed by atoms with Gasteiger partial charge in [0.05, 0.1) is 10.8 Å². The topological polar surface area (TPSA) is 92.8 Å². The van der Waals surface area contributed by atoms with E-state index in [1.807, 2.05) is 6.92 Å². The lowest BCUT2D eigenvalue weighted by molar-refractivity contribution is -0.148. The number of rotatable bonds is 6. The van der Waals surface area contributed by atoms with Crippen LogP contribution in [0.3, 0.4) is 0 Å². The molecule has 1 saturated carbocycles. The maximum atomic E-state index is 12.0. The summed E-state index contributed by atoms with van der Waals surface area (Å²) in [5, 5.41) is 2.52. The Morgan fingerprint density at radius 1 is 1.35 bits per heavy atom. The van der Waals surface area contributed by atoms with Crippen LogP contribution >= 0.6 is 0 Å². The summed E-state index contributed by atoms with van der Waals surface area (Å²) < 4.78 is 30.1. The number of ether oxygens (including phenoxy) is 1. The minimum atomic E-state index is -3.57. The predicted molar refractivity (Wildman–Crippen MR) is 84.2 cm³/mol. The summed E-state index contributed by atoms with van der Waals surface area (Å²) in [5.41, 5.74) is 0.328. The Kier molecular flexibility index (Phi) is 5.06. The van der Waals surface area contributed by atoms with Gasteiger partial charge in [-0.2, -0.15) is 0 Å². The first kappa shape index (κ1) is 17.4. The summed E-state index contributed by atoms with van der Waals surface area (Å²) in [5.74, 6) is -0.655. The van der Waals surface area contributed by atoms with E-state index in [0.29, 0.717) is 11.6 Å². The molecule has 0 saturated heterocycles. The highest BCUT2D eigenvalue weighted by Crippen LogP contribution is 2.38. The van der Waals surface area contributed by atoms with E-state index in [1.54, 1.807) is 6.07 Å². The van der Waals surface area contributed by atoms with Crippen molar-refractivity contribution in [3.63, 3.8) is 0 Å². The Morgan fingerprint density at radius 3 is 2.57 bits per heavy atom. The van der Waals surface area contributed by atoms with Gasteiger partial charge in [-0.05, 0) is 30.5 Å². The molecule has 0 radical (unpaired) electrons. The van der Waals surface area contributed by atoms with Crippen molar-refractivity contribution in [3.8, 4) is 0 Å². The van der Waals surface area contributed by atoms with E-state index in [4.69, 9.17) is 4.74 Å². The standard InChI is InChI=1S/C15H20N2O5S/c1-10-7-13(10)15(19)22-9-14(18)16-11-5-4-6-12(8-11)23(20,21)17(2)3/h4-6,8,10,13H,7,9H2,1-3H3,(H,16,18)/t10-,13+/m0/s1. The van der Waals surface area contributed by atoms with Gasteiger partial charge in [-0.25, -0.2) is 12.7 Å². The molecule has 1 aromatic carbocycles. The Hall–Kier alpha value is -1.93. The first-order valence-corrected chi connectivity index (χ1v) is 8.65. The average Bonchev–Trinajstić information content (AvgIpc) is 3.22. The minimum Gasteiger partial charge on any atom is -0.455 e. The van der Waals surface area contributed by atoms with Gasteiger partial charge in [0.15, 0.2) is 6.61 Å². The highest BCUT2D eigenvalue weighted by Gasteiger charge is 2.40. The molecule has 1 amide bonds. The quantitative estimate of drug-likeness (QED) is 0.782. The van der Waals surface area contributed by atoms with Crippen LogP contribution in [0.1, 0.15) is 13.3 Å². The van der Waals surface area contributed by atoms with Crippen molar-refractivity contribution in [2.75, 3.05) is 26.0 Å². The number of nitrogens with one attached hydrogen (secondary N) is 1. The van der Waals surface area contributed by atoms with Gasteiger partial charge >= 0.3 is 5.97 Å². The Morgan fingerprint density at radius 2 is 2.00 bits per heavy atom. The second kappa shape index (κ2) is 6.67. The maximum Gasteiger partial charge on any atom is 0.309 e. The van der Waals surface area contributed by atoms with E-state index in [-0.39, 0.29) is 23.4 Å². The molecule has 23 heavy (non-hydrogen) atoms. The SMILES string of the molecule is C[C@H]1C[C@H]1C(=O)OCC(=O)Nc1cccc(S(=O)(=O)N(C)C)c1. The molecular formula is C15H20N2O5S. The molecule has 0 bridgehead atoms. The molecule has 1 aliphatic carbocycles. The van der Waals surface area contributed by atoms with Crippen molar-refractivity contribution in [3.05, 3.63) is 24.3 Å². The summed E-state index contributed by atoms with van der Waals surface area (Å²) >= 11 is 0. The summed E-state index contributed by atoms with van der Waals surface area (Å²) in [6.45, 7) is 1.56. The number of hydrogen-bond donors (Lipinski definition) is 1. The molecule has 0 spiro atoms. The first-order chi connectivity index (χ1) is 10.7. The van der Waals surface area contributed by atoms with Crippen molar-refractivity contribution in [2.24, 2.45) is 11.8 Å². The molecule has 2 atom stereocenters. The zero-order valence-electron chi connectivity index (χ0n) is 13.3. The number of anilines is 1. The van der Waals surface area contributed by atoms with Gasteiger partial charge in [-0.1, -0.05) is 13.0 Å². The summed E-state index contributed by atoms with van der Waals surface area (Å²) in [4.78, 5) is 23.4. The number of sulfonamides is 1. The molecule has 1 N–H and O–H groups in total. The second-order valence-corrected chi connectivity index (χ2v) is 7.94. The zero-order chi connectivity index (χ0) is 17.2. The third-order valence-electron chi connectivity index (χ3n) is 3.65. The molecule has 0 aliphatic heterocycles. The van der Waals surface area contributed by atoms with E-state index in [1.165, 1.54) is 32.3 Å². The molecule has 0 aromatic heterocycles. The molecule has 0 unspecified atom stereocenters. The molecule has 1 aromatic rings. The smallest absolute Gasteiger partial charge is 0.309 e. The van der Waals surface area contributed by atoms with Crippen LogP contribution < -0.4 is 5.32 Å². The number of esters is 1. The van der Waals surface area contributed by atoms with Gasteiger partial charge in [-0.3, -0.25) is 9.59 Å². The van der Waals surface area contributed by atoms with Crippen LogP contribution in [0.15, 0.2) is 29.2 Å². The van der Waals surface area contributed by atoms with Gasteiger partial charge in [0.25, 0.3) is 5.91 Å². The number of carbonyl (C=O) groups is 2. The van der Waals surface area contributed by atoms with E-state index in [9.17, 15) is 18.0 Å². The van der Waals surface area contributed by atoms with E-state index in [0.717, 1.165) is 10.7 Å². The molecule has 1 fully saturated rings. The van der Waals surface area contributed by atoms with Crippen LogP contribution in [0, 0.1) is 11.8 Å². The average molecular weight is 340 g/mol. The summed E-state index contributed by atoms with van der Waals surface area (Å²) in [7, 11) is -0.714. The van der Waals surface area contributed by atoms with Gasteiger partial charge in [0.1, 0.15) is 0 Å². The number of hydrogen-bond acceptors (Lipinski definition) is 5. The van der Waals surface area contributed by atoms with Crippen LogP contribution in [-0.2, 0) is 24.3 Å². The van der Waals surface area contributed by atoms with Crippen LogP contribution in [0.5, 0.6) is 0 Å². The van der Waals surface area contributed by atoms with Crippen molar-refractivity contribution >= 4 is 27.6 Å². The van der Waals surface area contributed by atoms with Crippen molar-refractivity contribution in [1.29, 1.82) is 0 Å². The second-order valence-electron chi connectivity index (χ2n) is 5.79. The molecule has 8 heteroatoms. The predicted octanol–water partition coefficient (Wildman–Crippen LogP) is 1.07. The van der Waals surface area contributed by atoms with Crippen molar-refractivity contribution in [2.45, 2.75) is 18.2 Å². The largest absolute Gasteiger partial charge is 0.455 e. The van der Waals surface area contributed by atoms with Crippen LogP contribution in [-0.4, -0.2) is 45.3 Å². The lowest BCUT2D eigenvalue weighted by Crippen LogP contribution is -2.23. The molecule has 2 rings (SSSR count). The lowest BCUT2D eigenvalue weighted by Gasteiger charge is -2.12. The number of carbonyl (C=O) groups excluding carboxylic acids is 2. The normalized spacial score (nSPS) is 20.2. The van der Waals surface area contributed by atoms with Gasteiger partial charge in [-0.15, -0.1) is 0 Å². The number of amides is 1. The van der Waals surface area contributed by atoms with Crippen LogP contribution in [0.25, 0.3) is 0 Å². The monoisotopic (exact) mass is 340 g/mol. The van der Waals surface area contributed by atoms with Crippen LogP contribution in [0.4, 0.5) is 5.69 Å². The lowest BCUT2D eigenvalue weighted by atomic mass is 10.3. The minimum absolute atomic E-state index is 0.0732. The fourth-order valence-electron chi connectivity index (χ4n) is 2.04. The van der Waals surface area contributed by atoms with E-state index >= 15 is 0 Å². The maximum absolute atomic E-state index is 12.0. The molecular weight excluding hydrogens is 320 g/mol. The summed E-state index contributed by atoms with van der Waals surface area (Å²) in [6.07, 6.45) is 0.797. The first-order valence-electron chi connectivity index (χ1n) is 7.21. The van der Waals surface area contributed by atoms with Gasteiger partial charge in [0, 0.05) is 19.8 Å². The van der Waals surface area contributed by atoms with Gasteiger partial charge < -0.3 is 10.1 Å². The van der Waals surface area contributed by atoms with Crippen molar-refractivity contribution in [1.82, 2.24) is 4.31 Å². The van der Waals surface area contributed by atoms with Crippen molar-refractivity contribution < 1.29 is 22.7 Å². The third kappa shape index (κ3) is 4.29. The highest BCUT2D eigenvalue weighted by atomic mass is 32.2.